The standard InChI is InChI=1S/C10H20N4S/c1-13(4-5-15-3)8-10(11)9-6-12-14(2)7-9/h6-7,10H,4-5,8,11H2,1-3H3. The van der Waals surface area contributed by atoms with Crippen molar-refractivity contribution < 1.29 is 0 Å². The van der Waals surface area contributed by atoms with E-state index in [9.17, 15) is 0 Å². The third-order valence-electron chi connectivity index (χ3n) is 2.34. The van der Waals surface area contributed by atoms with Crippen molar-refractivity contribution in [3.8, 4) is 0 Å². The molecule has 1 heterocycles. The molecular weight excluding hydrogens is 208 g/mol. The molecule has 4 nitrogen and oxygen atoms in total. The lowest BCUT2D eigenvalue weighted by Gasteiger charge is -2.19. The summed E-state index contributed by atoms with van der Waals surface area (Å²) in [5, 5.41) is 4.12. The van der Waals surface area contributed by atoms with Gasteiger partial charge in [-0.15, -0.1) is 0 Å². The van der Waals surface area contributed by atoms with Crippen molar-refractivity contribution in [3.63, 3.8) is 0 Å². The van der Waals surface area contributed by atoms with Crippen LogP contribution in [0.5, 0.6) is 0 Å². The SMILES string of the molecule is CSCCN(C)CC(N)c1cnn(C)c1. The maximum atomic E-state index is 6.08. The Morgan fingerprint density at radius 1 is 1.67 bits per heavy atom. The number of aryl methyl sites for hydroxylation is 1. The van der Waals surface area contributed by atoms with Crippen LogP contribution in [0.4, 0.5) is 0 Å². The molecule has 86 valence electrons. The van der Waals surface area contributed by atoms with Gasteiger partial charge in [0, 0.05) is 43.7 Å². The fourth-order valence-corrected chi connectivity index (χ4v) is 1.91. The number of likely N-dealkylation sites (N-methyl/N-ethyl adjacent to an activating group) is 1. The van der Waals surface area contributed by atoms with Gasteiger partial charge < -0.3 is 10.6 Å². The van der Waals surface area contributed by atoms with Crippen molar-refractivity contribution >= 4 is 11.8 Å². The van der Waals surface area contributed by atoms with E-state index in [1.165, 1.54) is 0 Å². The van der Waals surface area contributed by atoms with Gasteiger partial charge in [0.2, 0.25) is 0 Å². The van der Waals surface area contributed by atoms with Gasteiger partial charge in [0.15, 0.2) is 0 Å². The van der Waals surface area contributed by atoms with E-state index in [2.05, 4.69) is 23.3 Å². The van der Waals surface area contributed by atoms with Crippen molar-refractivity contribution in [2.24, 2.45) is 12.8 Å². The monoisotopic (exact) mass is 228 g/mol. The summed E-state index contributed by atoms with van der Waals surface area (Å²) in [6.07, 6.45) is 5.94. The van der Waals surface area contributed by atoms with Gasteiger partial charge >= 0.3 is 0 Å². The number of nitrogens with two attached hydrogens (primary N) is 1. The molecule has 0 aliphatic rings. The first kappa shape index (κ1) is 12.5. The first-order valence-electron chi connectivity index (χ1n) is 5.05. The molecule has 1 atom stereocenters. The second kappa shape index (κ2) is 6.15. The first-order valence-corrected chi connectivity index (χ1v) is 6.44. The molecule has 0 amide bonds. The zero-order valence-corrected chi connectivity index (χ0v) is 10.5. The molecule has 2 N–H and O–H groups in total. The summed E-state index contributed by atoms with van der Waals surface area (Å²) in [5.74, 6) is 1.15. The van der Waals surface area contributed by atoms with Crippen molar-refractivity contribution in [1.29, 1.82) is 0 Å². The highest BCUT2D eigenvalue weighted by Crippen LogP contribution is 2.09. The molecule has 0 radical (unpaired) electrons. The van der Waals surface area contributed by atoms with E-state index >= 15 is 0 Å². The Morgan fingerprint density at radius 3 is 2.93 bits per heavy atom. The van der Waals surface area contributed by atoms with Crippen LogP contribution in [-0.4, -0.2) is 46.8 Å². The lowest BCUT2D eigenvalue weighted by molar-refractivity contribution is 0.331. The Morgan fingerprint density at radius 2 is 2.40 bits per heavy atom. The van der Waals surface area contributed by atoms with Crippen LogP contribution >= 0.6 is 11.8 Å². The highest BCUT2D eigenvalue weighted by atomic mass is 32.2. The molecule has 15 heavy (non-hydrogen) atoms. The van der Waals surface area contributed by atoms with Crippen LogP contribution < -0.4 is 5.73 Å². The fourth-order valence-electron chi connectivity index (χ4n) is 1.41. The molecule has 0 aliphatic carbocycles. The van der Waals surface area contributed by atoms with Crippen LogP contribution in [-0.2, 0) is 7.05 Å². The largest absolute Gasteiger partial charge is 0.323 e. The molecule has 1 aromatic heterocycles. The number of rotatable bonds is 6. The number of thioether (sulfide) groups is 1. The van der Waals surface area contributed by atoms with E-state index in [4.69, 9.17) is 5.73 Å². The molecule has 0 fully saturated rings. The fraction of sp³-hybridized carbons (Fsp3) is 0.700. The van der Waals surface area contributed by atoms with Gasteiger partial charge in [-0.1, -0.05) is 0 Å². The third kappa shape index (κ3) is 4.24. The highest BCUT2D eigenvalue weighted by Gasteiger charge is 2.10. The normalized spacial score (nSPS) is 13.4. The number of hydrogen-bond donors (Lipinski definition) is 1. The maximum absolute atomic E-state index is 6.08. The van der Waals surface area contributed by atoms with Gasteiger partial charge in [0.25, 0.3) is 0 Å². The molecule has 1 aromatic rings. The van der Waals surface area contributed by atoms with Gasteiger partial charge in [-0.05, 0) is 13.3 Å². The number of hydrogen-bond acceptors (Lipinski definition) is 4. The second-order valence-electron chi connectivity index (χ2n) is 3.81. The van der Waals surface area contributed by atoms with Crippen LogP contribution in [0.15, 0.2) is 12.4 Å². The minimum absolute atomic E-state index is 0.0607. The summed E-state index contributed by atoms with van der Waals surface area (Å²) in [6.45, 7) is 1.96. The number of aromatic nitrogens is 2. The summed E-state index contributed by atoms with van der Waals surface area (Å²) in [6, 6.07) is 0.0607. The van der Waals surface area contributed by atoms with Gasteiger partial charge in [-0.3, -0.25) is 4.68 Å². The van der Waals surface area contributed by atoms with E-state index in [-0.39, 0.29) is 6.04 Å². The summed E-state index contributed by atoms with van der Waals surface area (Å²) in [4.78, 5) is 2.26. The molecule has 0 saturated carbocycles. The van der Waals surface area contributed by atoms with Crippen LogP contribution in [0, 0.1) is 0 Å². The quantitative estimate of drug-likeness (QED) is 0.779. The van der Waals surface area contributed by atoms with Gasteiger partial charge in [0.05, 0.1) is 6.20 Å². The third-order valence-corrected chi connectivity index (χ3v) is 2.93. The van der Waals surface area contributed by atoms with Crippen LogP contribution in [0.1, 0.15) is 11.6 Å². The summed E-state index contributed by atoms with van der Waals surface area (Å²) < 4.78 is 1.79. The van der Waals surface area contributed by atoms with Gasteiger partial charge in [-0.2, -0.15) is 16.9 Å². The Kier molecular flexibility index (Phi) is 5.14. The Labute approximate surface area is 95.8 Å². The minimum atomic E-state index is 0.0607. The molecule has 0 aromatic carbocycles. The molecule has 0 saturated heterocycles. The van der Waals surface area contributed by atoms with Crippen LogP contribution in [0.2, 0.25) is 0 Å². The lowest BCUT2D eigenvalue weighted by atomic mass is 10.1. The van der Waals surface area contributed by atoms with E-state index in [1.807, 2.05) is 31.2 Å². The topological polar surface area (TPSA) is 47.1 Å². The van der Waals surface area contributed by atoms with Gasteiger partial charge in [0.1, 0.15) is 0 Å². The molecule has 1 rings (SSSR count). The van der Waals surface area contributed by atoms with Gasteiger partial charge in [-0.25, -0.2) is 0 Å². The number of nitrogens with zero attached hydrogens (tertiary/aromatic N) is 3. The van der Waals surface area contributed by atoms with Crippen molar-refractivity contribution in [2.45, 2.75) is 6.04 Å². The zero-order valence-electron chi connectivity index (χ0n) is 9.68. The van der Waals surface area contributed by atoms with Crippen LogP contribution in [0.25, 0.3) is 0 Å². The average Bonchev–Trinajstić information content (AvgIpc) is 2.61. The summed E-state index contributed by atoms with van der Waals surface area (Å²) in [5.41, 5.74) is 7.18. The molecule has 0 aliphatic heterocycles. The lowest BCUT2D eigenvalue weighted by Crippen LogP contribution is -2.30. The van der Waals surface area contributed by atoms with Crippen molar-refractivity contribution in [2.75, 3.05) is 32.1 Å². The second-order valence-corrected chi connectivity index (χ2v) is 4.79. The van der Waals surface area contributed by atoms with E-state index in [1.54, 1.807) is 4.68 Å². The predicted octanol–water partition coefficient (Wildman–Crippen LogP) is 0.715. The maximum Gasteiger partial charge on any atom is 0.0537 e. The molecule has 5 heteroatoms. The molecule has 0 bridgehead atoms. The summed E-state index contributed by atoms with van der Waals surface area (Å²) in [7, 11) is 4.01. The minimum Gasteiger partial charge on any atom is -0.323 e. The average molecular weight is 228 g/mol. The Hall–Kier alpha value is -0.520. The van der Waals surface area contributed by atoms with E-state index in [0.717, 1.165) is 24.4 Å². The predicted molar refractivity (Wildman–Crippen MR) is 66.0 cm³/mol. The zero-order chi connectivity index (χ0) is 11.3. The van der Waals surface area contributed by atoms with E-state index < -0.39 is 0 Å². The highest BCUT2D eigenvalue weighted by molar-refractivity contribution is 7.98. The van der Waals surface area contributed by atoms with Crippen molar-refractivity contribution in [3.05, 3.63) is 18.0 Å². The smallest absolute Gasteiger partial charge is 0.0537 e. The first-order chi connectivity index (χ1) is 7.13. The van der Waals surface area contributed by atoms with Crippen molar-refractivity contribution in [1.82, 2.24) is 14.7 Å². The summed E-state index contributed by atoms with van der Waals surface area (Å²) >= 11 is 1.86. The Bertz CT molecular complexity index is 287. The molecular formula is C10H20N4S. The molecule has 1 unspecified atom stereocenters. The molecule has 0 spiro atoms. The Balaban J connectivity index is 2.38. The van der Waals surface area contributed by atoms with E-state index in [0.29, 0.717) is 0 Å². The van der Waals surface area contributed by atoms with Crippen LogP contribution in [0.3, 0.4) is 0 Å².